The first-order valence-corrected chi connectivity index (χ1v) is 8.61. The molecule has 144 valence electrons. The number of nitrogens with zero attached hydrogens (tertiary/aromatic N) is 1. The number of carbonyl (C=O) groups excluding carboxylic acids is 1. The summed E-state index contributed by atoms with van der Waals surface area (Å²) < 4.78 is 15.9. The van der Waals surface area contributed by atoms with E-state index in [1.165, 1.54) is 6.08 Å². The normalized spacial score (nSPS) is 10.5. The van der Waals surface area contributed by atoms with Gasteiger partial charge in [-0.25, -0.2) is 0 Å². The molecule has 0 saturated carbocycles. The van der Waals surface area contributed by atoms with Crippen molar-refractivity contribution in [2.75, 3.05) is 46.4 Å². The Morgan fingerprint density at radius 3 is 2.22 bits per heavy atom. The third-order valence-corrected chi connectivity index (χ3v) is 4.06. The predicted octanol–water partition coefficient (Wildman–Crippen LogP) is 2.98. The second-order valence-electron chi connectivity index (χ2n) is 5.84. The SMILES string of the molecule is COc1cc(/C=C/C(=O)NCCN(C)c2ccccc2)cc(OC)c1OC. The van der Waals surface area contributed by atoms with E-state index in [1.54, 1.807) is 39.5 Å². The van der Waals surface area contributed by atoms with E-state index in [4.69, 9.17) is 14.2 Å². The highest BCUT2D eigenvalue weighted by Gasteiger charge is 2.12. The number of carbonyl (C=O) groups is 1. The van der Waals surface area contributed by atoms with Gasteiger partial charge >= 0.3 is 0 Å². The molecule has 0 aliphatic carbocycles. The highest BCUT2D eigenvalue weighted by atomic mass is 16.5. The van der Waals surface area contributed by atoms with E-state index in [0.717, 1.165) is 11.3 Å². The molecule has 0 atom stereocenters. The van der Waals surface area contributed by atoms with Crippen molar-refractivity contribution >= 4 is 17.7 Å². The molecule has 0 heterocycles. The molecule has 1 N–H and O–H groups in total. The van der Waals surface area contributed by atoms with Crippen LogP contribution in [0.3, 0.4) is 0 Å². The summed E-state index contributed by atoms with van der Waals surface area (Å²) in [7, 11) is 6.66. The van der Waals surface area contributed by atoms with Crippen molar-refractivity contribution in [1.82, 2.24) is 5.32 Å². The Kier molecular flexibility index (Phi) is 7.55. The number of nitrogens with one attached hydrogen (secondary N) is 1. The van der Waals surface area contributed by atoms with Gasteiger partial charge in [-0.2, -0.15) is 0 Å². The van der Waals surface area contributed by atoms with E-state index in [-0.39, 0.29) is 5.91 Å². The zero-order chi connectivity index (χ0) is 19.6. The van der Waals surface area contributed by atoms with Crippen molar-refractivity contribution < 1.29 is 19.0 Å². The number of likely N-dealkylation sites (N-methyl/N-ethyl adjacent to an activating group) is 1. The van der Waals surface area contributed by atoms with Gasteiger partial charge in [0.15, 0.2) is 11.5 Å². The molecule has 2 aromatic carbocycles. The van der Waals surface area contributed by atoms with Crippen LogP contribution in [0.1, 0.15) is 5.56 Å². The number of anilines is 1. The van der Waals surface area contributed by atoms with Gasteiger partial charge in [0.1, 0.15) is 0 Å². The lowest BCUT2D eigenvalue weighted by molar-refractivity contribution is -0.116. The zero-order valence-corrected chi connectivity index (χ0v) is 16.2. The van der Waals surface area contributed by atoms with Crippen LogP contribution in [-0.2, 0) is 4.79 Å². The molecule has 0 aliphatic rings. The van der Waals surface area contributed by atoms with Crippen LogP contribution in [0.2, 0.25) is 0 Å². The summed E-state index contributed by atoms with van der Waals surface area (Å²) in [6.07, 6.45) is 3.20. The largest absolute Gasteiger partial charge is 0.493 e. The van der Waals surface area contributed by atoms with Gasteiger partial charge in [0, 0.05) is 31.9 Å². The van der Waals surface area contributed by atoms with E-state index in [1.807, 2.05) is 37.4 Å². The molecule has 0 fully saturated rings. The molecular formula is C21H26N2O4. The van der Waals surface area contributed by atoms with Crippen LogP contribution in [0.15, 0.2) is 48.5 Å². The summed E-state index contributed by atoms with van der Waals surface area (Å²) in [6.45, 7) is 1.26. The third-order valence-electron chi connectivity index (χ3n) is 4.06. The molecule has 2 rings (SSSR count). The second-order valence-corrected chi connectivity index (χ2v) is 5.84. The number of hydrogen-bond donors (Lipinski definition) is 1. The first kappa shape index (κ1) is 20.2. The molecule has 2 aromatic rings. The van der Waals surface area contributed by atoms with Crippen LogP contribution in [-0.4, -0.2) is 47.4 Å². The Bertz CT molecular complexity index is 750. The fourth-order valence-electron chi connectivity index (χ4n) is 2.59. The van der Waals surface area contributed by atoms with Gasteiger partial charge in [-0.1, -0.05) is 18.2 Å². The van der Waals surface area contributed by atoms with Gasteiger partial charge in [0.05, 0.1) is 21.3 Å². The summed E-state index contributed by atoms with van der Waals surface area (Å²) in [5.74, 6) is 1.44. The average molecular weight is 370 g/mol. The Morgan fingerprint density at radius 2 is 1.67 bits per heavy atom. The number of rotatable bonds is 9. The molecule has 0 unspecified atom stereocenters. The molecule has 0 aliphatic heterocycles. The van der Waals surface area contributed by atoms with Crippen LogP contribution in [0.5, 0.6) is 17.2 Å². The van der Waals surface area contributed by atoms with Crippen molar-refractivity contribution in [2.45, 2.75) is 0 Å². The molecule has 0 bridgehead atoms. The van der Waals surface area contributed by atoms with Crippen LogP contribution in [0.4, 0.5) is 5.69 Å². The fourth-order valence-corrected chi connectivity index (χ4v) is 2.59. The summed E-state index contributed by atoms with van der Waals surface area (Å²) in [5, 5.41) is 2.88. The Labute approximate surface area is 160 Å². The minimum atomic E-state index is -0.162. The zero-order valence-electron chi connectivity index (χ0n) is 16.2. The minimum Gasteiger partial charge on any atom is -0.493 e. The van der Waals surface area contributed by atoms with Crippen molar-refractivity contribution in [3.05, 3.63) is 54.1 Å². The van der Waals surface area contributed by atoms with E-state index in [0.29, 0.717) is 30.3 Å². The summed E-state index contributed by atoms with van der Waals surface area (Å²) in [4.78, 5) is 14.1. The Morgan fingerprint density at radius 1 is 1.04 bits per heavy atom. The van der Waals surface area contributed by atoms with E-state index >= 15 is 0 Å². The number of para-hydroxylation sites is 1. The summed E-state index contributed by atoms with van der Waals surface area (Å²) in [5.41, 5.74) is 1.89. The van der Waals surface area contributed by atoms with Gasteiger partial charge in [-0.15, -0.1) is 0 Å². The monoisotopic (exact) mass is 370 g/mol. The Hall–Kier alpha value is -3.15. The molecule has 6 nitrogen and oxygen atoms in total. The maximum Gasteiger partial charge on any atom is 0.244 e. The van der Waals surface area contributed by atoms with Gasteiger partial charge in [0.25, 0.3) is 0 Å². The molecule has 0 saturated heterocycles. The van der Waals surface area contributed by atoms with Crippen LogP contribution < -0.4 is 24.4 Å². The lowest BCUT2D eigenvalue weighted by atomic mass is 10.1. The lowest BCUT2D eigenvalue weighted by Crippen LogP contribution is -2.31. The number of benzene rings is 2. The first-order valence-electron chi connectivity index (χ1n) is 8.61. The van der Waals surface area contributed by atoms with Crippen LogP contribution >= 0.6 is 0 Å². The lowest BCUT2D eigenvalue weighted by Gasteiger charge is -2.19. The number of methoxy groups -OCH3 is 3. The van der Waals surface area contributed by atoms with E-state index in [2.05, 4.69) is 10.2 Å². The average Bonchev–Trinajstić information content (AvgIpc) is 2.71. The van der Waals surface area contributed by atoms with Crippen LogP contribution in [0.25, 0.3) is 6.08 Å². The van der Waals surface area contributed by atoms with Gasteiger partial charge < -0.3 is 24.4 Å². The number of hydrogen-bond acceptors (Lipinski definition) is 5. The number of amides is 1. The van der Waals surface area contributed by atoms with Gasteiger partial charge in [-0.3, -0.25) is 4.79 Å². The minimum absolute atomic E-state index is 0.162. The molecule has 1 amide bonds. The van der Waals surface area contributed by atoms with Crippen molar-refractivity contribution in [3.63, 3.8) is 0 Å². The maximum absolute atomic E-state index is 12.1. The molecule has 0 radical (unpaired) electrons. The van der Waals surface area contributed by atoms with Crippen LogP contribution in [0, 0.1) is 0 Å². The third kappa shape index (κ3) is 5.67. The standard InChI is InChI=1S/C21H26N2O4/c1-23(17-8-6-5-7-9-17)13-12-22-20(24)11-10-16-14-18(25-2)21(27-4)19(15-16)26-3/h5-11,14-15H,12-13H2,1-4H3,(H,22,24)/b11-10+. The van der Waals surface area contributed by atoms with Gasteiger partial charge in [0.2, 0.25) is 11.7 Å². The fraction of sp³-hybridized carbons (Fsp3) is 0.286. The molecule has 27 heavy (non-hydrogen) atoms. The Balaban J connectivity index is 1.92. The highest BCUT2D eigenvalue weighted by molar-refractivity contribution is 5.91. The highest BCUT2D eigenvalue weighted by Crippen LogP contribution is 2.38. The molecule has 0 spiro atoms. The molecular weight excluding hydrogens is 344 g/mol. The van der Waals surface area contributed by atoms with E-state index in [9.17, 15) is 4.79 Å². The van der Waals surface area contributed by atoms with Crippen molar-refractivity contribution in [1.29, 1.82) is 0 Å². The smallest absolute Gasteiger partial charge is 0.244 e. The molecule has 0 aromatic heterocycles. The quantitative estimate of drug-likeness (QED) is 0.688. The van der Waals surface area contributed by atoms with Crippen molar-refractivity contribution in [2.24, 2.45) is 0 Å². The van der Waals surface area contributed by atoms with Crippen molar-refractivity contribution in [3.8, 4) is 17.2 Å². The number of ether oxygens (including phenoxy) is 3. The van der Waals surface area contributed by atoms with Gasteiger partial charge in [-0.05, 0) is 35.9 Å². The maximum atomic E-state index is 12.1. The summed E-state index contributed by atoms with van der Waals surface area (Å²) in [6, 6.07) is 13.6. The second kappa shape index (κ2) is 10.1. The summed E-state index contributed by atoms with van der Waals surface area (Å²) >= 11 is 0. The molecule has 6 heteroatoms. The first-order chi connectivity index (χ1) is 13.1. The topological polar surface area (TPSA) is 60.0 Å². The predicted molar refractivity (Wildman–Crippen MR) is 108 cm³/mol. The van der Waals surface area contributed by atoms with E-state index < -0.39 is 0 Å².